The second-order valence-corrected chi connectivity index (χ2v) is 6.58. The first kappa shape index (κ1) is 14.8. The van der Waals surface area contributed by atoms with Gasteiger partial charge in [0.15, 0.2) is 0 Å². The summed E-state index contributed by atoms with van der Waals surface area (Å²) in [6.07, 6.45) is 2.70. The average Bonchev–Trinajstić information content (AvgIpc) is 2.82. The predicted molar refractivity (Wildman–Crippen MR) is 73.2 cm³/mol. The summed E-state index contributed by atoms with van der Waals surface area (Å²) in [5.41, 5.74) is 0.326. The van der Waals surface area contributed by atoms with E-state index < -0.39 is 22.0 Å². The zero-order valence-electron chi connectivity index (χ0n) is 10.7. The molecule has 0 amide bonds. The predicted octanol–water partition coefficient (Wildman–Crippen LogP) is 1.31. The Labute approximate surface area is 120 Å². The van der Waals surface area contributed by atoms with E-state index in [2.05, 4.69) is 9.97 Å². The number of fused-ring (bicyclic) bond motifs is 1. The van der Waals surface area contributed by atoms with E-state index in [1.54, 1.807) is 0 Å². The van der Waals surface area contributed by atoms with Crippen molar-refractivity contribution < 1.29 is 18.3 Å². The summed E-state index contributed by atoms with van der Waals surface area (Å²) in [5.74, 6) is -1.24. The third-order valence-electron chi connectivity index (χ3n) is 3.05. The molecule has 1 atom stereocenters. The lowest BCUT2D eigenvalue weighted by molar-refractivity contribution is -0.140. The maximum absolute atomic E-state index is 12.5. The van der Waals surface area contributed by atoms with Crippen molar-refractivity contribution in [3.63, 3.8) is 0 Å². The zero-order valence-corrected chi connectivity index (χ0v) is 12.2. The van der Waals surface area contributed by atoms with Crippen molar-refractivity contribution in [1.29, 1.82) is 0 Å². The molecule has 2 N–H and O–H groups in total. The number of nitrogens with one attached hydrogen (secondary N) is 1. The molecule has 1 unspecified atom stereocenters. The number of pyridine rings is 1. The Morgan fingerprint density at radius 3 is 2.80 bits per heavy atom. The third-order valence-corrected chi connectivity index (χ3v) is 5.31. The fraction of sp³-hybridized carbons (Fsp3) is 0.273. The number of aromatic nitrogens is 2. The minimum atomic E-state index is -3.99. The topological polar surface area (TPSA) is 103 Å². The fourth-order valence-electron chi connectivity index (χ4n) is 1.71. The van der Waals surface area contributed by atoms with Crippen molar-refractivity contribution in [2.24, 2.45) is 0 Å². The molecule has 0 bridgehead atoms. The molecule has 2 heterocycles. The lowest BCUT2D eigenvalue weighted by Gasteiger charge is -2.20. The van der Waals surface area contributed by atoms with Crippen molar-refractivity contribution in [3.05, 3.63) is 23.5 Å². The van der Waals surface area contributed by atoms with Crippen LogP contribution in [0.5, 0.6) is 0 Å². The van der Waals surface area contributed by atoms with Crippen LogP contribution in [0.1, 0.15) is 6.92 Å². The number of rotatable bonds is 4. The van der Waals surface area contributed by atoms with Gasteiger partial charge in [-0.3, -0.25) is 4.79 Å². The maximum atomic E-state index is 12.5. The molecular formula is C11H12ClN3O4S. The van der Waals surface area contributed by atoms with Gasteiger partial charge in [-0.25, -0.2) is 13.4 Å². The Morgan fingerprint density at radius 2 is 2.20 bits per heavy atom. The van der Waals surface area contributed by atoms with Crippen molar-refractivity contribution in [2.75, 3.05) is 7.05 Å². The van der Waals surface area contributed by atoms with Crippen LogP contribution >= 0.6 is 11.6 Å². The Morgan fingerprint density at radius 1 is 1.55 bits per heavy atom. The molecule has 0 aliphatic heterocycles. The fourth-order valence-corrected chi connectivity index (χ4v) is 3.50. The summed E-state index contributed by atoms with van der Waals surface area (Å²) in [4.78, 5) is 17.5. The molecule has 0 spiro atoms. The van der Waals surface area contributed by atoms with Gasteiger partial charge in [0, 0.05) is 19.4 Å². The molecule has 9 heteroatoms. The summed E-state index contributed by atoms with van der Waals surface area (Å²) in [6.45, 7) is 1.29. The summed E-state index contributed by atoms with van der Waals surface area (Å²) < 4.78 is 25.7. The largest absolute Gasteiger partial charge is 0.480 e. The standard InChI is InChI=1S/C11H12ClN3O4S/c1-6(11(16)17)15(2)20(18,19)8-5-14-10-9(8)7(12)3-4-13-10/h3-6H,1-2H3,(H,13,14)(H,16,17). The van der Waals surface area contributed by atoms with Gasteiger partial charge in [-0.1, -0.05) is 11.6 Å². The van der Waals surface area contributed by atoms with Crippen LogP contribution < -0.4 is 0 Å². The molecule has 0 aliphatic carbocycles. The number of likely N-dealkylation sites (N-methyl/N-ethyl adjacent to an activating group) is 1. The number of carbonyl (C=O) groups is 1. The van der Waals surface area contributed by atoms with Crippen LogP contribution in [0.3, 0.4) is 0 Å². The summed E-state index contributed by atoms with van der Waals surface area (Å²) in [6, 6.07) is 0.276. The van der Waals surface area contributed by atoms with Crippen LogP contribution in [-0.2, 0) is 14.8 Å². The minimum absolute atomic E-state index is 0.0961. The first-order valence-electron chi connectivity index (χ1n) is 5.59. The second-order valence-electron chi connectivity index (χ2n) is 4.20. The Hall–Kier alpha value is -1.64. The molecule has 0 saturated carbocycles. The zero-order chi connectivity index (χ0) is 15.1. The number of H-pyrrole nitrogens is 1. The van der Waals surface area contributed by atoms with Gasteiger partial charge >= 0.3 is 5.97 Å². The summed E-state index contributed by atoms with van der Waals surface area (Å²) >= 11 is 6.00. The van der Waals surface area contributed by atoms with Crippen LogP contribution in [0.25, 0.3) is 11.0 Å². The number of carboxylic acid groups (broad SMARTS) is 1. The molecule has 0 fully saturated rings. The van der Waals surface area contributed by atoms with E-state index in [-0.39, 0.29) is 15.3 Å². The number of aromatic amines is 1. The van der Waals surface area contributed by atoms with Gasteiger partial charge < -0.3 is 10.1 Å². The molecule has 2 aromatic heterocycles. The second kappa shape index (κ2) is 5.04. The number of halogens is 1. The molecule has 0 saturated heterocycles. The van der Waals surface area contributed by atoms with Crippen LogP contribution in [0.2, 0.25) is 5.02 Å². The molecule has 7 nitrogen and oxygen atoms in total. The van der Waals surface area contributed by atoms with Crippen LogP contribution in [0.4, 0.5) is 0 Å². The van der Waals surface area contributed by atoms with E-state index in [9.17, 15) is 13.2 Å². The number of carboxylic acids is 1. The van der Waals surface area contributed by atoms with Crippen LogP contribution in [0.15, 0.2) is 23.4 Å². The van der Waals surface area contributed by atoms with Crippen LogP contribution in [-0.4, -0.2) is 46.9 Å². The van der Waals surface area contributed by atoms with Gasteiger partial charge in [0.2, 0.25) is 10.0 Å². The van der Waals surface area contributed by atoms with Crippen LogP contribution in [0, 0.1) is 0 Å². The molecule has 108 valence electrons. The number of hydrogen-bond acceptors (Lipinski definition) is 4. The van der Waals surface area contributed by atoms with E-state index in [1.807, 2.05) is 0 Å². The van der Waals surface area contributed by atoms with Gasteiger partial charge in [-0.2, -0.15) is 4.31 Å². The van der Waals surface area contributed by atoms with Crippen molar-refractivity contribution >= 4 is 38.6 Å². The van der Waals surface area contributed by atoms with E-state index in [1.165, 1.54) is 32.4 Å². The molecule has 0 aliphatic rings. The van der Waals surface area contributed by atoms with E-state index in [0.717, 1.165) is 4.31 Å². The van der Waals surface area contributed by atoms with Gasteiger partial charge in [0.05, 0.1) is 10.4 Å². The number of aliphatic carboxylic acids is 1. The highest BCUT2D eigenvalue weighted by Crippen LogP contribution is 2.30. The highest BCUT2D eigenvalue weighted by molar-refractivity contribution is 7.89. The number of hydrogen-bond donors (Lipinski definition) is 2. The Kier molecular flexibility index (Phi) is 3.72. The summed E-state index contributed by atoms with van der Waals surface area (Å²) in [5, 5.41) is 9.41. The SMILES string of the molecule is CC(C(=O)O)N(C)S(=O)(=O)c1c[nH]c2nccc(Cl)c12. The normalized spacial score (nSPS) is 13.8. The monoisotopic (exact) mass is 317 g/mol. The quantitative estimate of drug-likeness (QED) is 0.885. The molecule has 2 rings (SSSR count). The van der Waals surface area contributed by atoms with E-state index in [0.29, 0.717) is 5.65 Å². The third kappa shape index (κ3) is 2.26. The molecular weight excluding hydrogens is 306 g/mol. The maximum Gasteiger partial charge on any atom is 0.321 e. The van der Waals surface area contributed by atoms with Gasteiger partial charge in [-0.05, 0) is 13.0 Å². The molecule has 2 aromatic rings. The molecule has 20 heavy (non-hydrogen) atoms. The Balaban J connectivity index is 2.61. The highest BCUT2D eigenvalue weighted by atomic mass is 35.5. The van der Waals surface area contributed by atoms with Gasteiger partial charge in [0.1, 0.15) is 16.6 Å². The van der Waals surface area contributed by atoms with Crippen molar-refractivity contribution in [3.8, 4) is 0 Å². The molecule has 0 radical (unpaired) electrons. The number of sulfonamides is 1. The minimum Gasteiger partial charge on any atom is -0.480 e. The lowest BCUT2D eigenvalue weighted by Crippen LogP contribution is -2.40. The first-order valence-corrected chi connectivity index (χ1v) is 7.41. The van der Waals surface area contributed by atoms with E-state index >= 15 is 0 Å². The number of nitrogens with zero attached hydrogens (tertiary/aromatic N) is 2. The van der Waals surface area contributed by atoms with Crippen molar-refractivity contribution in [1.82, 2.24) is 14.3 Å². The highest BCUT2D eigenvalue weighted by Gasteiger charge is 2.32. The smallest absolute Gasteiger partial charge is 0.321 e. The van der Waals surface area contributed by atoms with Gasteiger partial charge in [0.25, 0.3) is 0 Å². The Bertz CT molecular complexity index is 771. The first-order chi connectivity index (χ1) is 9.26. The average molecular weight is 318 g/mol. The summed E-state index contributed by atoms with van der Waals surface area (Å²) in [7, 11) is -2.79. The lowest BCUT2D eigenvalue weighted by atomic mass is 10.3. The van der Waals surface area contributed by atoms with Crippen molar-refractivity contribution in [2.45, 2.75) is 17.9 Å². The van der Waals surface area contributed by atoms with E-state index in [4.69, 9.17) is 16.7 Å². The molecule has 0 aromatic carbocycles. The van der Waals surface area contributed by atoms with Gasteiger partial charge in [-0.15, -0.1) is 0 Å².